The van der Waals surface area contributed by atoms with Crippen molar-refractivity contribution < 1.29 is 0 Å². The summed E-state index contributed by atoms with van der Waals surface area (Å²) in [6, 6.07) is 4.05. The molecule has 0 saturated heterocycles. The maximum Gasteiger partial charge on any atom is 0.139 e. The van der Waals surface area contributed by atoms with E-state index < -0.39 is 0 Å². The Labute approximate surface area is 92.1 Å². The number of nitrogens with two attached hydrogens (primary N) is 1. The molecule has 2 aromatic rings. The molecule has 0 aliphatic carbocycles. The SMILES string of the molecule is CC(Cn1cccn1)Nc1cc(N)ns1. The van der Waals surface area contributed by atoms with Gasteiger partial charge in [0.15, 0.2) is 0 Å². The zero-order chi connectivity index (χ0) is 10.7. The van der Waals surface area contributed by atoms with E-state index in [2.05, 4.69) is 21.7 Å². The van der Waals surface area contributed by atoms with Gasteiger partial charge in [-0.25, -0.2) is 0 Å². The lowest BCUT2D eigenvalue weighted by molar-refractivity contribution is 0.561. The highest BCUT2D eigenvalue weighted by atomic mass is 32.1. The summed E-state index contributed by atoms with van der Waals surface area (Å²) >= 11 is 1.37. The number of nitrogens with zero attached hydrogens (tertiary/aromatic N) is 3. The van der Waals surface area contributed by atoms with Gasteiger partial charge < -0.3 is 11.1 Å². The molecule has 1 unspecified atom stereocenters. The van der Waals surface area contributed by atoms with Gasteiger partial charge >= 0.3 is 0 Å². The number of nitrogens with one attached hydrogen (secondary N) is 1. The van der Waals surface area contributed by atoms with E-state index in [-0.39, 0.29) is 0 Å². The quantitative estimate of drug-likeness (QED) is 0.822. The minimum atomic E-state index is 0.296. The molecule has 1 atom stereocenters. The van der Waals surface area contributed by atoms with Crippen LogP contribution in [0.3, 0.4) is 0 Å². The smallest absolute Gasteiger partial charge is 0.139 e. The molecule has 0 aliphatic heterocycles. The predicted octanol–water partition coefficient (Wildman–Crippen LogP) is 1.42. The first-order valence-corrected chi connectivity index (χ1v) is 5.47. The Morgan fingerprint density at radius 2 is 2.53 bits per heavy atom. The van der Waals surface area contributed by atoms with Gasteiger partial charge in [0.05, 0.1) is 6.54 Å². The first-order valence-electron chi connectivity index (χ1n) is 4.70. The molecule has 6 heteroatoms. The van der Waals surface area contributed by atoms with Gasteiger partial charge in [0.1, 0.15) is 10.8 Å². The molecular formula is C9H13N5S. The molecule has 0 saturated carbocycles. The Kier molecular flexibility index (Phi) is 2.86. The minimum Gasteiger partial charge on any atom is -0.383 e. The lowest BCUT2D eigenvalue weighted by Gasteiger charge is -2.12. The summed E-state index contributed by atoms with van der Waals surface area (Å²) in [6.07, 6.45) is 3.72. The van der Waals surface area contributed by atoms with E-state index in [4.69, 9.17) is 5.73 Å². The minimum absolute atomic E-state index is 0.296. The van der Waals surface area contributed by atoms with Crippen LogP contribution in [0, 0.1) is 0 Å². The third-order valence-corrected chi connectivity index (χ3v) is 2.67. The molecule has 2 rings (SSSR count). The van der Waals surface area contributed by atoms with Gasteiger partial charge in [-0.2, -0.15) is 9.47 Å². The van der Waals surface area contributed by atoms with Crippen LogP contribution in [0.5, 0.6) is 0 Å². The van der Waals surface area contributed by atoms with Crippen LogP contribution in [0.4, 0.5) is 10.8 Å². The molecule has 0 fully saturated rings. The van der Waals surface area contributed by atoms with Gasteiger partial charge in [-0.3, -0.25) is 4.68 Å². The van der Waals surface area contributed by atoms with Crippen molar-refractivity contribution in [3.8, 4) is 0 Å². The Morgan fingerprint density at radius 3 is 3.13 bits per heavy atom. The fourth-order valence-corrected chi connectivity index (χ4v) is 2.02. The molecular weight excluding hydrogens is 210 g/mol. The van der Waals surface area contributed by atoms with Crippen molar-refractivity contribution in [2.45, 2.75) is 19.5 Å². The molecule has 2 heterocycles. The van der Waals surface area contributed by atoms with E-state index in [0.717, 1.165) is 11.5 Å². The van der Waals surface area contributed by atoms with Crippen molar-refractivity contribution in [2.75, 3.05) is 11.1 Å². The normalized spacial score (nSPS) is 12.6. The first-order chi connectivity index (χ1) is 7.24. The summed E-state index contributed by atoms with van der Waals surface area (Å²) in [5, 5.41) is 8.45. The fraction of sp³-hybridized carbons (Fsp3) is 0.333. The van der Waals surface area contributed by atoms with Gasteiger partial charge in [-0.1, -0.05) is 0 Å². The van der Waals surface area contributed by atoms with Crippen LogP contribution < -0.4 is 11.1 Å². The number of hydrogen-bond donors (Lipinski definition) is 2. The summed E-state index contributed by atoms with van der Waals surface area (Å²) < 4.78 is 5.89. The maximum absolute atomic E-state index is 5.53. The molecule has 0 aliphatic rings. The van der Waals surface area contributed by atoms with E-state index in [1.165, 1.54) is 11.5 Å². The monoisotopic (exact) mass is 223 g/mol. The average Bonchev–Trinajstić information content (AvgIpc) is 2.77. The van der Waals surface area contributed by atoms with Crippen molar-refractivity contribution in [1.82, 2.24) is 14.2 Å². The predicted molar refractivity (Wildman–Crippen MR) is 61.8 cm³/mol. The second-order valence-corrected chi connectivity index (χ2v) is 4.19. The average molecular weight is 223 g/mol. The highest BCUT2D eigenvalue weighted by Gasteiger charge is 2.05. The van der Waals surface area contributed by atoms with Crippen molar-refractivity contribution in [1.29, 1.82) is 0 Å². The third kappa shape index (κ3) is 2.69. The van der Waals surface area contributed by atoms with Crippen LogP contribution in [0.2, 0.25) is 0 Å². The molecule has 80 valence electrons. The van der Waals surface area contributed by atoms with Gasteiger partial charge in [0, 0.05) is 24.5 Å². The van der Waals surface area contributed by atoms with Crippen LogP contribution in [0.15, 0.2) is 24.5 Å². The molecule has 3 N–H and O–H groups in total. The molecule has 2 aromatic heterocycles. The van der Waals surface area contributed by atoms with Crippen LogP contribution in [0.1, 0.15) is 6.92 Å². The Balaban J connectivity index is 1.90. The van der Waals surface area contributed by atoms with Crippen LogP contribution in [-0.4, -0.2) is 20.2 Å². The molecule has 0 spiro atoms. The van der Waals surface area contributed by atoms with Gasteiger partial charge in [0.25, 0.3) is 0 Å². The lowest BCUT2D eigenvalue weighted by Crippen LogP contribution is -2.21. The second kappa shape index (κ2) is 4.31. The topological polar surface area (TPSA) is 68.8 Å². The zero-order valence-electron chi connectivity index (χ0n) is 8.42. The molecule has 5 nitrogen and oxygen atoms in total. The first kappa shape index (κ1) is 9.97. The van der Waals surface area contributed by atoms with E-state index >= 15 is 0 Å². The number of nitrogen functional groups attached to an aromatic ring is 1. The summed E-state index contributed by atoms with van der Waals surface area (Å²) in [5.41, 5.74) is 5.53. The standard InChI is InChI=1S/C9H13N5S/c1-7(6-14-4-2-3-11-14)12-9-5-8(10)13-15-9/h2-5,7,12H,6H2,1H3,(H2,10,13). The maximum atomic E-state index is 5.53. The zero-order valence-corrected chi connectivity index (χ0v) is 9.24. The summed E-state index contributed by atoms with van der Waals surface area (Å²) in [5.74, 6) is 0.564. The Morgan fingerprint density at radius 1 is 1.67 bits per heavy atom. The van der Waals surface area contributed by atoms with Crippen LogP contribution in [0.25, 0.3) is 0 Å². The Bertz CT molecular complexity index is 408. The van der Waals surface area contributed by atoms with Crippen molar-refractivity contribution in [2.24, 2.45) is 0 Å². The van der Waals surface area contributed by atoms with E-state index in [1.54, 1.807) is 6.20 Å². The van der Waals surface area contributed by atoms with E-state index in [0.29, 0.717) is 11.9 Å². The molecule has 15 heavy (non-hydrogen) atoms. The third-order valence-electron chi connectivity index (χ3n) is 1.94. The van der Waals surface area contributed by atoms with Gasteiger partial charge in [-0.15, -0.1) is 0 Å². The second-order valence-electron chi connectivity index (χ2n) is 3.39. The number of hydrogen-bond acceptors (Lipinski definition) is 5. The molecule has 0 aromatic carbocycles. The fourth-order valence-electron chi connectivity index (χ4n) is 1.33. The number of aromatic nitrogens is 3. The van der Waals surface area contributed by atoms with E-state index in [1.807, 2.05) is 23.0 Å². The summed E-state index contributed by atoms with van der Waals surface area (Å²) in [7, 11) is 0. The molecule has 0 bridgehead atoms. The highest BCUT2D eigenvalue weighted by Crippen LogP contribution is 2.18. The van der Waals surface area contributed by atoms with Crippen LogP contribution >= 0.6 is 11.5 Å². The number of rotatable bonds is 4. The van der Waals surface area contributed by atoms with Crippen molar-refractivity contribution >= 4 is 22.4 Å². The summed E-state index contributed by atoms with van der Waals surface area (Å²) in [4.78, 5) is 0. The van der Waals surface area contributed by atoms with Crippen LogP contribution in [-0.2, 0) is 6.54 Å². The highest BCUT2D eigenvalue weighted by molar-refractivity contribution is 7.10. The molecule has 0 radical (unpaired) electrons. The number of anilines is 2. The van der Waals surface area contributed by atoms with Crippen molar-refractivity contribution in [3.63, 3.8) is 0 Å². The molecule has 0 amide bonds. The van der Waals surface area contributed by atoms with Gasteiger partial charge in [-0.05, 0) is 24.5 Å². The van der Waals surface area contributed by atoms with Crippen molar-refractivity contribution in [3.05, 3.63) is 24.5 Å². The largest absolute Gasteiger partial charge is 0.383 e. The Hall–Kier alpha value is -1.56. The van der Waals surface area contributed by atoms with Gasteiger partial charge in [0.2, 0.25) is 0 Å². The summed E-state index contributed by atoms with van der Waals surface area (Å²) in [6.45, 7) is 2.92. The van der Waals surface area contributed by atoms with E-state index in [9.17, 15) is 0 Å². The lowest BCUT2D eigenvalue weighted by atomic mass is 10.3.